The van der Waals surface area contributed by atoms with Crippen molar-refractivity contribution >= 4 is 11.9 Å². The summed E-state index contributed by atoms with van der Waals surface area (Å²) in [5.41, 5.74) is 4.32. The van der Waals surface area contributed by atoms with Gasteiger partial charge in [-0.1, -0.05) is 32.0 Å². The van der Waals surface area contributed by atoms with Gasteiger partial charge in [-0.3, -0.25) is 9.79 Å². The van der Waals surface area contributed by atoms with E-state index in [-0.39, 0.29) is 17.9 Å². The lowest BCUT2D eigenvalue weighted by molar-refractivity contribution is -0.133. The summed E-state index contributed by atoms with van der Waals surface area (Å²) in [6, 6.07) is 10.5. The Morgan fingerprint density at radius 3 is 2.72 bits per heavy atom. The highest BCUT2D eigenvalue weighted by Crippen LogP contribution is 2.17. The van der Waals surface area contributed by atoms with Crippen LogP contribution < -0.4 is 10.6 Å². The Morgan fingerprint density at radius 2 is 2.07 bits per heavy atom. The van der Waals surface area contributed by atoms with Gasteiger partial charge in [-0.15, -0.1) is 0 Å². The van der Waals surface area contributed by atoms with Crippen LogP contribution in [0, 0.1) is 19.8 Å². The van der Waals surface area contributed by atoms with Gasteiger partial charge < -0.3 is 15.5 Å². The molecule has 3 rings (SSSR count). The van der Waals surface area contributed by atoms with Gasteiger partial charge in [0.1, 0.15) is 0 Å². The van der Waals surface area contributed by atoms with Crippen LogP contribution in [0.25, 0.3) is 5.69 Å². The van der Waals surface area contributed by atoms with Crippen LogP contribution in [0.5, 0.6) is 0 Å². The predicted octanol–water partition coefficient (Wildman–Crippen LogP) is 2.41. The summed E-state index contributed by atoms with van der Waals surface area (Å²) in [7, 11) is 1.77. The van der Waals surface area contributed by atoms with E-state index in [1.807, 2.05) is 42.5 Å². The predicted molar refractivity (Wildman–Crippen MR) is 116 cm³/mol. The van der Waals surface area contributed by atoms with Crippen LogP contribution in [-0.4, -0.2) is 52.7 Å². The van der Waals surface area contributed by atoms with E-state index >= 15 is 0 Å². The molecule has 29 heavy (non-hydrogen) atoms. The monoisotopic (exact) mass is 396 g/mol. The number of aromatic nitrogens is 2. The van der Waals surface area contributed by atoms with Gasteiger partial charge in [-0.2, -0.15) is 5.10 Å². The van der Waals surface area contributed by atoms with E-state index < -0.39 is 0 Å². The molecule has 7 heteroatoms. The molecule has 1 unspecified atom stereocenters. The van der Waals surface area contributed by atoms with Crippen LogP contribution in [0.15, 0.2) is 35.3 Å². The first kappa shape index (κ1) is 20.9. The quantitative estimate of drug-likeness (QED) is 0.601. The number of aliphatic imine (C=N–C) groups is 1. The lowest BCUT2D eigenvalue weighted by atomic mass is 10.1. The molecule has 1 fully saturated rings. The Bertz CT molecular complexity index is 885. The van der Waals surface area contributed by atoms with Crippen LogP contribution in [0.2, 0.25) is 0 Å². The van der Waals surface area contributed by atoms with Gasteiger partial charge in [0.15, 0.2) is 5.96 Å². The van der Waals surface area contributed by atoms with Crippen molar-refractivity contribution in [2.24, 2.45) is 10.9 Å². The summed E-state index contributed by atoms with van der Waals surface area (Å²) in [6.07, 6.45) is 0.932. The number of rotatable bonds is 5. The molecule has 0 bridgehead atoms. The van der Waals surface area contributed by atoms with Crippen molar-refractivity contribution in [3.63, 3.8) is 0 Å². The largest absolute Gasteiger partial charge is 0.352 e. The Morgan fingerprint density at radius 1 is 1.31 bits per heavy atom. The van der Waals surface area contributed by atoms with E-state index in [4.69, 9.17) is 0 Å². The Labute approximate surface area is 173 Å². The molecule has 0 radical (unpaired) electrons. The fourth-order valence-electron chi connectivity index (χ4n) is 3.75. The third kappa shape index (κ3) is 4.96. The highest BCUT2D eigenvalue weighted by Gasteiger charge is 2.28. The van der Waals surface area contributed by atoms with Crippen molar-refractivity contribution in [1.29, 1.82) is 0 Å². The van der Waals surface area contributed by atoms with Crippen LogP contribution in [0.3, 0.4) is 0 Å². The topological polar surface area (TPSA) is 74.6 Å². The van der Waals surface area contributed by atoms with Gasteiger partial charge in [0.25, 0.3) is 0 Å². The fraction of sp³-hybridized carbons (Fsp3) is 0.500. The Balaban J connectivity index is 1.63. The molecule has 1 aliphatic heterocycles. The highest BCUT2D eigenvalue weighted by molar-refractivity contribution is 5.81. The summed E-state index contributed by atoms with van der Waals surface area (Å²) >= 11 is 0. The molecule has 2 aromatic rings. The average Bonchev–Trinajstić information content (AvgIpc) is 3.30. The minimum absolute atomic E-state index is 0.0390. The molecule has 0 spiro atoms. The normalized spacial score (nSPS) is 17.1. The number of hydrogen-bond donors (Lipinski definition) is 2. The lowest BCUT2D eigenvalue weighted by Gasteiger charge is -2.20. The minimum Gasteiger partial charge on any atom is -0.352 e. The Kier molecular flexibility index (Phi) is 6.56. The van der Waals surface area contributed by atoms with Gasteiger partial charge >= 0.3 is 0 Å². The first-order valence-corrected chi connectivity index (χ1v) is 10.3. The van der Waals surface area contributed by atoms with Gasteiger partial charge in [0.2, 0.25) is 5.91 Å². The van der Waals surface area contributed by atoms with E-state index in [0.717, 1.165) is 48.1 Å². The molecular weight excluding hydrogens is 364 g/mol. The zero-order valence-corrected chi connectivity index (χ0v) is 18.1. The average molecular weight is 397 g/mol. The molecule has 1 aliphatic rings. The maximum Gasteiger partial charge on any atom is 0.225 e. The third-order valence-electron chi connectivity index (χ3n) is 5.23. The number of benzene rings is 1. The van der Waals surface area contributed by atoms with Gasteiger partial charge in [0, 0.05) is 44.3 Å². The van der Waals surface area contributed by atoms with Gasteiger partial charge in [-0.25, -0.2) is 4.68 Å². The molecule has 1 atom stereocenters. The van der Waals surface area contributed by atoms with Crippen LogP contribution in [0.1, 0.15) is 37.2 Å². The van der Waals surface area contributed by atoms with E-state index in [9.17, 15) is 4.79 Å². The second kappa shape index (κ2) is 9.11. The lowest BCUT2D eigenvalue weighted by Crippen LogP contribution is -2.45. The molecule has 7 nitrogen and oxygen atoms in total. The zero-order valence-electron chi connectivity index (χ0n) is 18.1. The summed E-state index contributed by atoms with van der Waals surface area (Å²) in [4.78, 5) is 18.5. The maximum atomic E-state index is 12.2. The number of amides is 1. The third-order valence-corrected chi connectivity index (χ3v) is 5.23. The van der Waals surface area contributed by atoms with E-state index in [1.165, 1.54) is 0 Å². The number of guanidine groups is 1. The van der Waals surface area contributed by atoms with Crippen molar-refractivity contribution in [3.05, 3.63) is 47.3 Å². The second-order valence-electron chi connectivity index (χ2n) is 7.96. The number of carbonyl (C=O) groups is 1. The molecule has 0 aliphatic carbocycles. The number of aryl methyl sites for hydroxylation is 2. The summed E-state index contributed by atoms with van der Waals surface area (Å²) in [5.74, 6) is 1.00. The van der Waals surface area contributed by atoms with E-state index in [2.05, 4.69) is 45.8 Å². The molecule has 0 saturated carbocycles. The number of nitrogens with zero attached hydrogens (tertiary/aromatic N) is 4. The van der Waals surface area contributed by atoms with Crippen molar-refractivity contribution in [2.45, 2.75) is 46.7 Å². The number of carbonyl (C=O) groups excluding carboxylic acids is 1. The molecule has 2 heterocycles. The fourth-order valence-corrected chi connectivity index (χ4v) is 3.75. The zero-order chi connectivity index (χ0) is 21.0. The summed E-state index contributed by atoms with van der Waals surface area (Å²) < 4.78 is 1.98. The first-order valence-electron chi connectivity index (χ1n) is 10.3. The molecule has 1 aromatic carbocycles. The van der Waals surface area contributed by atoms with Crippen LogP contribution in [0.4, 0.5) is 0 Å². The Hall–Kier alpha value is -2.83. The van der Waals surface area contributed by atoms with Gasteiger partial charge in [-0.05, 0) is 38.0 Å². The van der Waals surface area contributed by atoms with E-state index in [1.54, 1.807) is 7.05 Å². The van der Waals surface area contributed by atoms with Crippen molar-refractivity contribution in [1.82, 2.24) is 25.3 Å². The SMILES string of the molecule is CN=C(NCc1ccccc1-n1nc(C)cc1C)NC1CCN(C(=O)C(C)C)C1. The molecule has 1 amide bonds. The molecule has 1 aromatic heterocycles. The number of para-hydroxylation sites is 1. The number of likely N-dealkylation sites (tertiary alicyclic amines) is 1. The molecular formula is C22H32N6O. The van der Waals surface area contributed by atoms with Crippen molar-refractivity contribution in [2.75, 3.05) is 20.1 Å². The molecule has 156 valence electrons. The summed E-state index contributed by atoms with van der Waals surface area (Å²) in [6.45, 7) is 10.1. The highest BCUT2D eigenvalue weighted by atomic mass is 16.2. The smallest absolute Gasteiger partial charge is 0.225 e. The molecule has 2 N–H and O–H groups in total. The maximum absolute atomic E-state index is 12.2. The summed E-state index contributed by atoms with van der Waals surface area (Å²) in [5, 5.41) is 11.5. The van der Waals surface area contributed by atoms with Crippen LogP contribution in [-0.2, 0) is 11.3 Å². The van der Waals surface area contributed by atoms with Gasteiger partial charge in [0.05, 0.1) is 11.4 Å². The number of nitrogens with one attached hydrogen (secondary N) is 2. The van der Waals surface area contributed by atoms with Crippen LogP contribution >= 0.6 is 0 Å². The minimum atomic E-state index is 0.0390. The molecule has 1 saturated heterocycles. The van der Waals surface area contributed by atoms with Crippen molar-refractivity contribution < 1.29 is 4.79 Å². The van der Waals surface area contributed by atoms with E-state index in [0.29, 0.717) is 6.54 Å². The first-order chi connectivity index (χ1) is 13.9. The number of hydrogen-bond acceptors (Lipinski definition) is 3. The second-order valence-corrected chi connectivity index (χ2v) is 7.96. The van der Waals surface area contributed by atoms with Crippen molar-refractivity contribution in [3.8, 4) is 5.69 Å². The standard InChI is InChI=1S/C22H32N6O/c1-15(2)21(29)27-11-10-19(14-27)25-22(23-5)24-13-18-8-6-7-9-20(18)28-17(4)12-16(3)26-28/h6-9,12,15,19H,10-11,13-14H2,1-5H3,(H2,23,24,25).